The minimum Gasteiger partial charge on any atom is -0.273 e. The van der Waals surface area contributed by atoms with Gasteiger partial charge >= 0.3 is 26.2 Å². The summed E-state index contributed by atoms with van der Waals surface area (Å²) in [6, 6.07) is 4.69. The topological polar surface area (TPSA) is 0 Å². The molecule has 116 valence electrons. The summed E-state index contributed by atoms with van der Waals surface area (Å²) in [7, 11) is 0. The third-order valence-electron chi connectivity index (χ3n) is 3.68. The Morgan fingerprint density at radius 1 is 1.10 bits per heavy atom. The average Bonchev–Trinajstić information content (AvgIpc) is 3.01. The number of fused-ring (bicyclic) bond motifs is 1. The summed E-state index contributed by atoms with van der Waals surface area (Å²) in [6.07, 6.45) is 15.4. The van der Waals surface area contributed by atoms with Gasteiger partial charge in [0, 0.05) is 0 Å². The maximum atomic E-state index is 2.99. The van der Waals surface area contributed by atoms with E-state index in [0.717, 1.165) is 6.42 Å². The summed E-state index contributed by atoms with van der Waals surface area (Å²) in [4.78, 5) is 0. The van der Waals surface area contributed by atoms with Gasteiger partial charge in [0.1, 0.15) is 0 Å². The van der Waals surface area contributed by atoms with Crippen molar-refractivity contribution in [1.82, 2.24) is 0 Å². The number of allylic oxidation sites excluding steroid dienone is 4. The maximum absolute atomic E-state index is 2.99. The predicted molar refractivity (Wildman–Crippen MR) is 93.4 cm³/mol. The first kappa shape index (κ1) is 23.6. The van der Waals surface area contributed by atoms with Gasteiger partial charge in [0.05, 0.1) is 0 Å². The molecule has 0 N–H and O–H groups in total. The molecule has 0 bridgehead atoms. The minimum atomic E-state index is 0. The molecule has 0 saturated heterocycles. The van der Waals surface area contributed by atoms with E-state index in [9.17, 15) is 0 Å². The summed E-state index contributed by atoms with van der Waals surface area (Å²) in [6.45, 7) is 6.95. The van der Waals surface area contributed by atoms with E-state index in [0.29, 0.717) is 5.41 Å². The molecule has 0 spiro atoms. The van der Waals surface area contributed by atoms with Gasteiger partial charge in [-0.25, -0.2) is 18.2 Å². The van der Waals surface area contributed by atoms with Gasteiger partial charge < -0.3 is 0 Å². The van der Waals surface area contributed by atoms with Gasteiger partial charge in [-0.15, -0.1) is 36.8 Å². The Morgan fingerprint density at radius 2 is 1.76 bits per heavy atom. The van der Waals surface area contributed by atoms with Gasteiger partial charge in [-0.05, 0) is 0 Å². The second-order valence-corrected chi connectivity index (χ2v) is 6.21. The van der Waals surface area contributed by atoms with Crippen LogP contribution in [0.2, 0.25) is 0 Å². The minimum absolute atomic E-state index is 0. The molecule has 3 heteroatoms. The van der Waals surface area contributed by atoms with Crippen molar-refractivity contribution in [3.63, 3.8) is 0 Å². The number of rotatable bonds is 0. The van der Waals surface area contributed by atoms with Crippen LogP contribution >= 0.6 is 24.8 Å². The van der Waals surface area contributed by atoms with Crippen LogP contribution in [0.15, 0.2) is 30.4 Å². The average molecular weight is 405 g/mol. The third-order valence-corrected chi connectivity index (χ3v) is 3.68. The van der Waals surface area contributed by atoms with Crippen LogP contribution in [0.4, 0.5) is 0 Å². The van der Waals surface area contributed by atoms with Crippen LogP contribution in [0.1, 0.15) is 56.7 Å². The third kappa shape index (κ3) is 6.93. The van der Waals surface area contributed by atoms with Crippen molar-refractivity contribution in [2.24, 2.45) is 0 Å². The zero-order valence-corrected chi connectivity index (χ0v) is 17.3. The molecule has 0 nitrogen and oxygen atoms in total. The largest absolute Gasteiger partial charge is 2.00 e. The number of hydrogen-bond acceptors (Lipinski definition) is 0. The molecule has 0 aliphatic heterocycles. The second-order valence-electron chi connectivity index (χ2n) is 6.21. The van der Waals surface area contributed by atoms with E-state index in [1.807, 2.05) is 12.2 Å². The van der Waals surface area contributed by atoms with Crippen LogP contribution < -0.4 is 0 Å². The normalized spacial score (nSPS) is 14.8. The van der Waals surface area contributed by atoms with Crippen molar-refractivity contribution in [2.75, 3.05) is 0 Å². The van der Waals surface area contributed by atoms with Gasteiger partial charge in [0.25, 0.3) is 0 Å². The molecular formula is C18H26Cl2Zr. The monoisotopic (exact) mass is 402 g/mol. The van der Waals surface area contributed by atoms with Gasteiger partial charge in [-0.2, -0.15) is 23.3 Å². The molecule has 2 aliphatic rings. The summed E-state index contributed by atoms with van der Waals surface area (Å²) < 4.78 is 0. The number of aryl methyl sites for hydroxylation is 1. The summed E-state index contributed by atoms with van der Waals surface area (Å²) in [5.41, 5.74) is 5.21. The first-order valence-electron chi connectivity index (χ1n) is 7.08. The molecule has 0 aromatic heterocycles. The zero-order chi connectivity index (χ0) is 13.0. The fraction of sp³-hybridized carbons (Fsp3) is 0.500. The van der Waals surface area contributed by atoms with Crippen molar-refractivity contribution in [3.05, 3.63) is 53.1 Å². The van der Waals surface area contributed by atoms with Crippen LogP contribution in [-0.2, 0) is 44.5 Å². The van der Waals surface area contributed by atoms with Gasteiger partial charge in [0.15, 0.2) is 0 Å². The molecule has 0 atom stereocenters. The van der Waals surface area contributed by atoms with Crippen LogP contribution in [0.3, 0.4) is 0 Å². The van der Waals surface area contributed by atoms with E-state index < -0.39 is 0 Å². The second kappa shape index (κ2) is 10.9. The molecule has 21 heavy (non-hydrogen) atoms. The molecule has 0 amide bonds. The van der Waals surface area contributed by atoms with E-state index in [2.05, 4.69) is 45.1 Å². The molecule has 0 heterocycles. The predicted octanol–water partition coefficient (Wildman–Crippen LogP) is 5.73. The van der Waals surface area contributed by atoms with Crippen molar-refractivity contribution < 1.29 is 26.2 Å². The molecule has 0 radical (unpaired) electrons. The zero-order valence-electron chi connectivity index (χ0n) is 13.2. The standard InChI is InChI=1S/C13H19.C5H5.2ClH.Zr/c1-13(2,3)12-9-8-10-6-4-5-7-11(10)12;1-2-4-5-3-1;;;/h8-9H,4-7H2,1-3H3;1-3H,4H2;2*1H;/q2*-1;;;+2. The van der Waals surface area contributed by atoms with Crippen LogP contribution in [0.25, 0.3) is 0 Å². The Kier molecular flexibility index (Phi) is 12.3. The molecule has 3 rings (SSSR count). The van der Waals surface area contributed by atoms with E-state index >= 15 is 0 Å². The quantitative estimate of drug-likeness (QED) is 0.485. The first-order valence-corrected chi connectivity index (χ1v) is 7.08. The van der Waals surface area contributed by atoms with E-state index in [-0.39, 0.29) is 51.0 Å². The fourth-order valence-electron chi connectivity index (χ4n) is 2.75. The van der Waals surface area contributed by atoms with E-state index in [1.165, 1.54) is 25.7 Å². The van der Waals surface area contributed by atoms with Crippen molar-refractivity contribution >= 4 is 24.8 Å². The summed E-state index contributed by atoms with van der Waals surface area (Å²) in [5.74, 6) is 0. The van der Waals surface area contributed by atoms with E-state index in [4.69, 9.17) is 0 Å². The number of hydrogen-bond donors (Lipinski definition) is 0. The van der Waals surface area contributed by atoms with E-state index in [1.54, 1.807) is 16.7 Å². The molecule has 0 unspecified atom stereocenters. The molecule has 0 fully saturated rings. The smallest absolute Gasteiger partial charge is 0.273 e. The first-order chi connectivity index (χ1) is 8.59. The van der Waals surface area contributed by atoms with Crippen LogP contribution in [0, 0.1) is 6.08 Å². The summed E-state index contributed by atoms with van der Waals surface area (Å²) >= 11 is 0. The molecule has 1 aromatic rings. The Hall–Kier alpha value is 0.293. The fourth-order valence-corrected chi connectivity index (χ4v) is 2.75. The number of halogens is 2. The van der Waals surface area contributed by atoms with Crippen molar-refractivity contribution in [3.8, 4) is 0 Å². The Balaban J connectivity index is 0. The Morgan fingerprint density at radius 3 is 2.24 bits per heavy atom. The molecule has 0 saturated carbocycles. The van der Waals surface area contributed by atoms with Crippen LogP contribution in [0.5, 0.6) is 0 Å². The van der Waals surface area contributed by atoms with Crippen molar-refractivity contribution in [1.29, 1.82) is 0 Å². The van der Waals surface area contributed by atoms with Gasteiger partial charge in [-0.1, -0.05) is 51.9 Å². The Labute approximate surface area is 161 Å². The van der Waals surface area contributed by atoms with Crippen molar-refractivity contribution in [2.45, 2.75) is 58.3 Å². The van der Waals surface area contributed by atoms with Gasteiger partial charge in [-0.3, -0.25) is 6.08 Å². The Bertz CT molecular complexity index is 440. The maximum Gasteiger partial charge on any atom is 2.00 e. The molecule has 2 aliphatic carbocycles. The molecular weight excluding hydrogens is 378 g/mol. The SMILES string of the molecule is CC(C)(C)[c-]1ccc2c1CCCC2.Cl.Cl.[C-]1=CC=CC1.[Zr+2]. The van der Waals surface area contributed by atoms with Gasteiger partial charge in [0.2, 0.25) is 0 Å². The van der Waals surface area contributed by atoms with Crippen LogP contribution in [-0.4, -0.2) is 0 Å². The summed E-state index contributed by atoms with van der Waals surface area (Å²) in [5, 5.41) is 0. The molecule has 1 aromatic carbocycles.